The molecule has 3 aromatic heterocycles. The van der Waals surface area contributed by atoms with Crippen molar-refractivity contribution in [1.82, 2.24) is 98.1 Å². The van der Waals surface area contributed by atoms with Crippen molar-refractivity contribution in [3.05, 3.63) is 64.8 Å². The molecule has 0 radical (unpaired) electrons. The number of hydrogen-bond donors (Lipinski definition) is 16. The molecule has 7 rings (SSSR count). The molecule has 2 saturated heterocycles. The van der Waals surface area contributed by atoms with E-state index in [0.717, 1.165) is 0 Å². The van der Waals surface area contributed by atoms with Gasteiger partial charge in [0, 0.05) is 138 Å². The Morgan fingerprint density at radius 1 is 0.380 bits per heavy atom. The molecule has 15 atom stereocenters. The van der Waals surface area contributed by atoms with Gasteiger partial charge in [-0.05, 0) is 77.0 Å². The van der Waals surface area contributed by atoms with Crippen LogP contribution in [-0.4, -0.2) is 372 Å². The first-order valence-corrected chi connectivity index (χ1v) is 47.8. The largest absolute Gasteiger partial charge is 0.420 e. The summed E-state index contributed by atoms with van der Waals surface area (Å²) >= 11 is 0. The first kappa shape index (κ1) is 119. The lowest BCUT2D eigenvalue weighted by Gasteiger charge is -2.41. The van der Waals surface area contributed by atoms with Gasteiger partial charge in [-0.2, -0.15) is 8.78 Å². The maximum Gasteiger partial charge on any atom is 0.311 e. The predicted octanol–water partition coefficient (Wildman–Crippen LogP) is -2.69. The summed E-state index contributed by atoms with van der Waals surface area (Å²) in [5.74, 6) is -20.2. The molecular weight excluding hydrogens is 1890 g/mol. The third-order valence-corrected chi connectivity index (χ3v) is 23.5. The molecule has 142 heavy (non-hydrogen) atoms. The van der Waals surface area contributed by atoms with Gasteiger partial charge >= 0.3 is 5.97 Å². The van der Waals surface area contributed by atoms with Gasteiger partial charge < -0.3 is 141 Å². The molecule has 0 bridgehead atoms. The van der Waals surface area contributed by atoms with Crippen molar-refractivity contribution >= 4 is 65.0 Å². The molecule has 2 aliphatic heterocycles. The van der Waals surface area contributed by atoms with Crippen LogP contribution in [0.15, 0.2) is 18.6 Å². The van der Waals surface area contributed by atoms with Crippen molar-refractivity contribution in [2.24, 2.45) is 5.92 Å². The van der Waals surface area contributed by atoms with Crippen LogP contribution in [0.5, 0.6) is 5.75 Å². The molecule has 3 fully saturated rings. The van der Waals surface area contributed by atoms with E-state index in [0.29, 0.717) is 120 Å². The van der Waals surface area contributed by atoms with E-state index >= 15 is 0 Å². The van der Waals surface area contributed by atoms with Gasteiger partial charge in [-0.1, -0.05) is 54.2 Å². The van der Waals surface area contributed by atoms with Gasteiger partial charge in [0.25, 0.3) is 11.8 Å². The predicted molar refractivity (Wildman–Crippen MR) is 484 cm³/mol. The number of hydrogen-bond acceptors (Lipinski definition) is 35. The molecule has 1 aromatic carbocycles. The van der Waals surface area contributed by atoms with Crippen LogP contribution in [0.4, 0.5) is 22.0 Å². The second kappa shape index (κ2) is 64.5. The van der Waals surface area contributed by atoms with E-state index in [-0.39, 0.29) is 183 Å². The van der Waals surface area contributed by atoms with Gasteiger partial charge in [0.2, 0.25) is 82.1 Å². The fraction of sp³-hybridized carbons (Fsp3) is 0.742. The highest BCUT2D eigenvalue weighted by Crippen LogP contribution is 2.33. The molecule has 4 aromatic rings. The minimum Gasteiger partial charge on any atom is -0.420 e. The van der Waals surface area contributed by atoms with E-state index in [1.807, 2.05) is 0 Å². The van der Waals surface area contributed by atoms with Gasteiger partial charge in [-0.25, -0.2) is 27.2 Å². The maximum absolute atomic E-state index is 14.2. The summed E-state index contributed by atoms with van der Waals surface area (Å²) < 4.78 is 140. The number of aliphatic hydroxyl groups is 6. The normalized spacial score (nSPS) is 21.5. The number of nitrogens with one attached hydrogen (secondary N) is 10. The van der Waals surface area contributed by atoms with Crippen LogP contribution in [-0.2, 0) is 144 Å². The Bertz CT molecular complexity index is 4160. The lowest BCUT2D eigenvalue weighted by atomic mass is 9.78. The summed E-state index contributed by atoms with van der Waals surface area (Å²) in [5, 5.41) is 116. The van der Waals surface area contributed by atoms with Crippen LogP contribution < -0.4 is 57.9 Å². The molecule has 53 heteroatoms. The van der Waals surface area contributed by atoms with Crippen LogP contribution in [0.3, 0.4) is 0 Å². The number of esters is 1. The zero-order valence-corrected chi connectivity index (χ0v) is 81.0. The zero-order valence-electron chi connectivity index (χ0n) is 81.0. The number of carbonyl (C=O) groups is 11. The van der Waals surface area contributed by atoms with Crippen molar-refractivity contribution in [3.8, 4) is 5.75 Å². The summed E-state index contributed by atoms with van der Waals surface area (Å²) in [5.41, 5.74) is 0.613. The second-order valence-electron chi connectivity index (χ2n) is 34.4. The van der Waals surface area contributed by atoms with Gasteiger partial charge in [0.1, 0.15) is 42.6 Å². The molecule has 10 amide bonds. The lowest BCUT2D eigenvalue weighted by Crippen LogP contribution is -2.66. The van der Waals surface area contributed by atoms with Crippen LogP contribution in [0.2, 0.25) is 0 Å². The van der Waals surface area contributed by atoms with Crippen molar-refractivity contribution in [1.29, 1.82) is 0 Å². The smallest absolute Gasteiger partial charge is 0.311 e. The number of amides is 10. The Balaban J connectivity index is 0.864. The number of carbonyl (C=O) groups excluding carboxylic acids is 11. The summed E-state index contributed by atoms with van der Waals surface area (Å²) in [6.07, 6.45) is -3.73. The average Bonchev–Trinajstić information content (AvgIpc) is 0.860. The average molecular weight is 2040 g/mol. The molecule has 3 aliphatic rings. The highest BCUT2D eigenvalue weighted by atomic mass is 19.2. The lowest BCUT2D eigenvalue weighted by molar-refractivity contribution is -0.251. The van der Waals surface area contributed by atoms with E-state index in [9.17, 15) is 105 Å². The number of rotatable bonds is 70. The fourth-order valence-electron chi connectivity index (χ4n) is 15.9. The third kappa shape index (κ3) is 41.5. The van der Waals surface area contributed by atoms with E-state index in [1.54, 1.807) is 32.6 Å². The van der Waals surface area contributed by atoms with Crippen molar-refractivity contribution in [3.63, 3.8) is 0 Å². The van der Waals surface area contributed by atoms with E-state index in [4.69, 9.17) is 52.1 Å². The molecule has 1 saturated carbocycles. The van der Waals surface area contributed by atoms with Crippen molar-refractivity contribution in [2.75, 3.05) is 140 Å². The van der Waals surface area contributed by atoms with Gasteiger partial charge in [0.05, 0.1) is 140 Å². The summed E-state index contributed by atoms with van der Waals surface area (Å²) in [6, 6.07) is -3.09. The highest BCUT2D eigenvalue weighted by Gasteiger charge is 2.51. The van der Waals surface area contributed by atoms with Gasteiger partial charge in [-0.15, -0.1) is 15.3 Å². The quantitative estimate of drug-likeness (QED) is 0.00534. The van der Waals surface area contributed by atoms with Crippen LogP contribution in [0.25, 0.3) is 0 Å². The SMILES string of the molecule is CO[C@@H]1OC(C(=O)NCCCc2cn(CCOCCOCCNC(=O)CCC(CCC(=O)NCCOCCOCCn3cc(CCCNC(=O)C4C[C@@H](OC)[C@H](NC(C)=O)[C@@H](O)[C@H]4O)nn3)(CCC(=O)NCCOCCOCCn3cc(CCCNC(=O)C4O[C@@H](OC)[C@H](NC(C)=O)[C@@H](O)[C@H]4O)nn3)NC(=O)CCCCCCCCCCC(=O)Oc3c(F)c(F)c(F)c(F)c3F)nn2)[C@H](O)[C@H](O)[C@H]1NC(C)=O. The Morgan fingerprint density at radius 2 is 0.718 bits per heavy atom. The van der Waals surface area contributed by atoms with E-state index in [1.165, 1.54) is 42.1 Å². The molecule has 0 spiro atoms. The number of methoxy groups -OCH3 is 3. The molecule has 48 nitrogen and oxygen atoms in total. The topological polar surface area (TPSA) is 632 Å². The highest BCUT2D eigenvalue weighted by molar-refractivity contribution is 5.84. The Labute approximate surface area is 817 Å². The number of aromatic nitrogens is 9. The molecule has 1 aliphatic carbocycles. The standard InChI is InChI=1S/C89H140F5N19O29/c1-54(114)101-72-61(131-4)50-60(75(122)76(72)123)84(128)98-29-15-18-57-51-111(108-105-57)35-41-137-47-44-134-38-32-95-62(117)23-26-89(104-65(120)21-13-11-9-7-8-10-12-14-22-66(121)140-81-70(93)68(91)67(90)69(92)71(81)94,27-24-63(118)96-33-39-135-45-48-138-42-36-112-52-58(106-109-112)19-16-30-99-85(129)82-79(126)77(124)73(102-55(2)115)87(132-5)141-82)28-25-64(119)97-34-40-136-46-49-139-43-37-113-53-59(107-110-113)20-17-31-100-86(130)83-80(127)78(125)74(103-56(3)116)88(133-6)142-83/h51-53,60-61,72-80,82-83,87-88,122-127H,7-50H2,1-6H3,(H,95,117)(H,96,118)(H,97,119)(H,98,128)(H,99,129)(H,100,130)(H,101,114)(H,102,115)(H,103,116)(H,104,120)/t60?,61-,72+,73-,74-,75+,76-,77-,78-,79-,80-,82?,83?,87-,88-,89?/m1/s1. The number of nitrogens with zero attached hydrogens (tertiary/aromatic N) is 9. The van der Waals surface area contributed by atoms with Crippen molar-refractivity contribution < 1.29 is 162 Å². The molecule has 3 unspecified atom stereocenters. The molecular formula is C89H140F5N19O29. The Kier molecular flexibility index (Phi) is 53.9. The summed E-state index contributed by atoms with van der Waals surface area (Å²) in [6.45, 7) is 7.67. The maximum atomic E-state index is 14.2. The number of halogens is 5. The van der Waals surface area contributed by atoms with Crippen molar-refractivity contribution in [2.45, 2.75) is 279 Å². The third-order valence-electron chi connectivity index (χ3n) is 23.5. The summed E-state index contributed by atoms with van der Waals surface area (Å²) in [4.78, 5) is 142. The number of aliphatic hydroxyl groups excluding tert-OH is 6. The van der Waals surface area contributed by atoms with Crippen LogP contribution in [0.1, 0.15) is 166 Å². The second-order valence-corrected chi connectivity index (χ2v) is 34.4. The van der Waals surface area contributed by atoms with Gasteiger partial charge in [0.15, 0.2) is 24.8 Å². The van der Waals surface area contributed by atoms with E-state index in [2.05, 4.69) is 88.8 Å². The number of unbranched alkanes of at least 4 members (excludes halogenated alkanes) is 7. The molecule has 5 heterocycles. The van der Waals surface area contributed by atoms with Crippen LogP contribution in [0, 0.1) is 35.0 Å². The summed E-state index contributed by atoms with van der Waals surface area (Å²) in [7, 11) is 3.94. The molecule has 16 N–H and O–H groups in total. The number of ether oxygens (including phenoxy) is 12. The van der Waals surface area contributed by atoms with Crippen LogP contribution >= 0.6 is 0 Å². The Morgan fingerprint density at radius 3 is 1.08 bits per heavy atom. The first-order chi connectivity index (χ1) is 68.2. The zero-order chi connectivity index (χ0) is 103. The minimum atomic E-state index is -2.39. The molecule has 800 valence electrons. The minimum absolute atomic E-state index is 0.0119. The first-order valence-electron chi connectivity index (χ1n) is 47.8. The van der Waals surface area contributed by atoms with Gasteiger partial charge in [-0.3, -0.25) is 52.7 Å². The number of benzene rings is 1. The monoisotopic (exact) mass is 2030 g/mol. The fourth-order valence-corrected chi connectivity index (χ4v) is 15.9. The number of aryl methyl sites for hydroxylation is 3. The van der Waals surface area contributed by atoms with E-state index < -0.39 is 197 Å². The Hall–Kier alpha value is -10.2.